The number of carbonyl (C=O) groups is 1. The molecule has 0 bridgehead atoms. The summed E-state index contributed by atoms with van der Waals surface area (Å²) in [4.78, 5) is 12.0. The Bertz CT molecular complexity index is 500. The molecule has 0 heterocycles. The molecule has 4 heteroatoms. The Kier molecular flexibility index (Phi) is 29.2. The van der Waals surface area contributed by atoms with Crippen LogP contribution in [0.5, 0.6) is 0 Å². The van der Waals surface area contributed by atoms with Crippen LogP contribution in [0.25, 0.3) is 0 Å². The summed E-state index contributed by atoms with van der Waals surface area (Å²) >= 11 is 0. The van der Waals surface area contributed by atoms with E-state index in [1.54, 1.807) is 0 Å². The maximum atomic E-state index is 12.0. The first-order valence-corrected chi connectivity index (χ1v) is 15.4. The largest absolute Gasteiger partial charge is 0.457 e. The van der Waals surface area contributed by atoms with Crippen molar-refractivity contribution in [1.29, 1.82) is 0 Å². The summed E-state index contributed by atoms with van der Waals surface area (Å²) in [7, 11) is 0. The Morgan fingerprint density at radius 2 is 1.19 bits per heavy atom. The Morgan fingerprint density at radius 3 is 1.81 bits per heavy atom. The molecule has 0 aromatic rings. The smallest absolute Gasteiger partial charge is 0.306 e. The van der Waals surface area contributed by atoms with Gasteiger partial charge in [0.15, 0.2) is 0 Å². The number of carbonyl (C=O) groups excluding carboxylic acids is 1. The van der Waals surface area contributed by atoms with E-state index in [9.17, 15) is 9.90 Å². The first kappa shape index (κ1) is 34.9. The third kappa shape index (κ3) is 27.5. The minimum atomic E-state index is -0.533. The molecule has 1 N–H and O–H groups in total. The average molecular weight is 509 g/mol. The van der Waals surface area contributed by atoms with Crippen LogP contribution in [-0.4, -0.2) is 37.0 Å². The van der Waals surface area contributed by atoms with Crippen LogP contribution in [-0.2, 0) is 14.3 Å². The van der Waals surface area contributed by atoms with Gasteiger partial charge in [-0.3, -0.25) is 4.79 Å². The molecule has 1 atom stereocenters. The lowest BCUT2D eigenvalue weighted by atomic mass is 10.1. The van der Waals surface area contributed by atoms with Gasteiger partial charge in [0.25, 0.3) is 0 Å². The van der Waals surface area contributed by atoms with E-state index in [-0.39, 0.29) is 12.6 Å². The maximum absolute atomic E-state index is 12.0. The highest BCUT2D eigenvalue weighted by molar-refractivity contribution is 5.69. The number of esters is 1. The molecule has 0 aromatic carbocycles. The molecular formula is C32H60O4. The Balaban J connectivity index is 3.49. The van der Waals surface area contributed by atoms with E-state index < -0.39 is 6.10 Å². The first-order valence-electron chi connectivity index (χ1n) is 15.4. The summed E-state index contributed by atoms with van der Waals surface area (Å²) in [6.07, 6.45) is 33.4. The number of aliphatic hydroxyl groups excluding tert-OH is 1. The van der Waals surface area contributed by atoms with E-state index in [0.29, 0.717) is 19.6 Å². The fourth-order valence-electron chi connectivity index (χ4n) is 4.17. The van der Waals surface area contributed by atoms with Gasteiger partial charge in [-0.2, -0.15) is 0 Å². The third-order valence-electron chi connectivity index (χ3n) is 6.53. The average Bonchev–Trinajstić information content (AvgIpc) is 2.88. The molecule has 1 unspecified atom stereocenters. The van der Waals surface area contributed by atoms with Gasteiger partial charge in [-0.1, -0.05) is 128 Å². The predicted octanol–water partition coefficient (Wildman–Crippen LogP) is 9.25. The number of hydrogen-bond acceptors (Lipinski definition) is 4. The van der Waals surface area contributed by atoms with Crippen molar-refractivity contribution < 1.29 is 19.4 Å². The molecule has 0 aromatic heterocycles. The van der Waals surface area contributed by atoms with Crippen molar-refractivity contribution in [2.45, 2.75) is 155 Å². The van der Waals surface area contributed by atoms with E-state index in [0.717, 1.165) is 38.5 Å². The van der Waals surface area contributed by atoms with Crippen LogP contribution in [0.4, 0.5) is 0 Å². The van der Waals surface area contributed by atoms with Gasteiger partial charge in [0.2, 0.25) is 0 Å². The number of ether oxygens (including phenoxy) is 2. The Labute approximate surface area is 224 Å². The van der Waals surface area contributed by atoms with Gasteiger partial charge >= 0.3 is 5.97 Å². The van der Waals surface area contributed by atoms with Crippen LogP contribution in [0.15, 0.2) is 24.3 Å². The van der Waals surface area contributed by atoms with E-state index >= 15 is 0 Å². The van der Waals surface area contributed by atoms with Crippen molar-refractivity contribution in [3.8, 4) is 0 Å². The molecule has 0 aliphatic carbocycles. The van der Waals surface area contributed by atoms with Gasteiger partial charge in [0.05, 0.1) is 13.2 Å². The van der Waals surface area contributed by atoms with Crippen molar-refractivity contribution in [1.82, 2.24) is 0 Å². The second-order valence-corrected chi connectivity index (χ2v) is 10.2. The minimum Gasteiger partial charge on any atom is -0.457 e. The molecule has 0 spiro atoms. The molecule has 0 saturated carbocycles. The molecule has 0 amide bonds. The zero-order valence-corrected chi connectivity index (χ0v) is 24.0. The Hall–Kier alpha value is -1.13. The second kappa shape index (κ2) is 30.1. The molecule has 0 saturated heterocycles. The zero-order chi connectivity index (χ0) is 26.4. The Morgan fingerprint density at radius 1 is 0.667 bits per heavy atom. The van der Waals surface area contributed by atoms with E-state index in [4.69, 9.17) is 9.47 Å². The van der Waals surface area contributed by atoms with Gasteiger partial charge in [-0.25, -0.2) is 0 Å². The van der Waals surface area contributed by atoms with Crippen LogP contribution in [0.3, 0.4) is 0 Å². The minimum absolute atomic E-state index is 0.175. The number of allylic oxidation sites excluding steroid dienone is 4. The van der Waals surface area contributed by atoms with Crippen LogP contribution in [0, 0.1) is 0 Å². The number of unbranched alkanes of at least 4 members (excludes halogenated alkanes) is 16. The molecule has 36 heavy (non-hydrogen) atoms. The molecule has 0 radical (unpaired) electrons. The third-order valence-corrected chi connectivity index (χ3v) is 6.53. The highest BCUT2D eigenvalue weighted by Crippen LogP contribution is 2.11. The van der Waals surface area contributed by atoms with Crippen LogP contribution in [0.2, 0.25) is 0 Å². The quantitative estimate of drug-likeness (QED) is 0.0650. The standard InChI is InChI=1S/C32H60O4/c1-3-5-7-9-11-13-15-16-17-18-19-21-23-25-27-32(34)36-31(29-33)30-35-28-26-24-22-20-14-12-10-8-6-4-2/h9,11,15-16,31,33H,3-8,10,12-14,17-30H2,1-2H3/b11-9-,16-15-. The normalized spacial score (nSPS) is 12.6. The van der Waals surface area contributed by atoms with Gasteiger partial charge in [-0.15, -0.1) is 0 Å². The van der Waals surface area contributed by atoms with Crippen LogP contribution >= 0.6 is 0 Å². The van der Waals surface area contributed by atoms with Crippen molar-refractivity contribution in [2.24, 2.45) is 0 Å². The molecule has 0 fully saturated rings. The molecule has 0 aliphatic rings. The van der Waals surface area contributed by atoms with Crippen molar-refractivity contribution in [2.75, 3.05) is 19.8 Å². The van der Waals surface area contributed by atoms with Gasteiger partial charge in [-0.05, 0) is 38.5 Å². The highest BCUT2D eigenvalue weighted by Gasteiger charge is 2.13. The topological polar surface area (TPSA) is 55.8 Å². The summed E-state index contributed by atoms with van der Waals surface area (Å²) in [5.74, 6) is -0.216. The fourth-order valence-corrected chi connectivity index (χ4v) is 4.17. The summed E-state index contributed by atoms with van der Waals surface area (Å²) in [6.45, 7) is 5.28. The van der Waals surface area contributed by atoms with E-state index in [2.05, 4.69) is 38.2 Å². The SMILES string of the molecule is CCCC/C=C\C/C=C\CCCCCCCC(=O)OC(CO)COCCCCCCCCCCCC. The lowest BCUT2D eigenvalue weighted by molar-refractivity contribution is -0.154. The number of rotatable bonds is 28. The number of hydrogen-bond donors (Lipinski definition) is 1. The number of aliphatic hydroxyl groups is 1. The maximum Gasteiger partial charge on any atom is 0.306 e. The van der Waals surface area contributed by atoms with Crippen molar-refractivity contribution >= 4 is 5.97 Å². The molecule has 212 valence electrons. The highest BCUT2D eigenvalue weighted by atomic mass is 16.6. The fraction of sp³-hybridized carbons (Fsp3) is 0.844. The first-order chi connectivity index (χ1) is 17.7. The summed E-state index contributed by atoms with van der Waals surface area (Å²) in [5, 5.41) is 9.48. The molecular weight excluding hydrogens is 448 g/mol. The molecule has 0 aliphatic heterocycles. The van der Waals surface area contributed by atoms with Crippen LogP contribution < -0.4 is 0 Å². The van der Waals surface area contributed by atoms with Crippen LogP contribution in [0.1, 0.15) is 149 Å². The zero-order valence-electron chi connectivity index (χ0n) is 24.0. The van der Waals surface area contributed by atoms with Crippen molar-refractivity contribution in [3.63, 3.8) is 0 Å². The molecule has 0 rings (SSSR count). The lowest BCUT2D eigenvalue weighted by Crippen LogP contribution is -2.27. The van der Waals surface area contributed by atoms with Gasteiger partial charge < -0.3 is 14.6 Å². The predicted molar refractivity (Wildman–Crippen MR) is 154 cm³/mol. The summed E-state index contributed by atoms with van der Waals surface area (Å²) in [5.41, 5.74) is 0. The van der Waals surface area contributed by atoms with Gasteiger partial charge in [0.1, 0.15) is 6.10 Å². The van der Waals surface area contributed by atoms with Gasteiger partial charge in [0, 0.05) is 13.0 Å². The lowest BCUT2D eigenvalue weighted by Gasteiger charge is -2.15. The van der Waals surface area contributed by atoms with E-state index in [1.165, 1.54) is 89.9 Å². The van der Waals surface area contributed by atoms with E-state index in [1.807, 2.05) is 0 Å². The summed E-state index contributed by atoms with van der Waals surface area (Å²) in [6, 6.07) is 0. The second-order valence-electron chi connectivity index (χ2n) is 10.2. The molecule has 4 nitrogen and oxygen atoms in total. The summed E-state index contributed by atoms with van der Waals surface area (Å²) < 4.78 is 11.0. The monoisotopic (exact) mass is 508 g/mol. The van der Waals surface area contributed by atoms with Crippen molar-refractivity contribution in [3.05, 3.63) is 24.3 Å².